The number of hydrogen-bond donors (Lipinski definition) is 4. The first-order valence-electron chi connectivity index (χ1n) is 12.1. The second-order valence-electron chi connectivity index (χ2n) is 8.87. The van der Waals surface area contributed by atoms with Crippen molar-refractivity contribution in [3.8, 4) is 17.0 Å². The second kappa shape index (κ2) is 13.3. The van der Waals surface area contributed by atoms with E-state index in [1.54, 1.807) is 18.2 Å². The van der Waals surface area contributed by atoms with Crippen LogP contribution < -0.4 is 15.8 Å². The molecule has 2 unspecified atom stereocenters. The molecule has 35 heavy (non-hydrogen) atoms. The Kier molecular flexibility index (Phi) is 10.1. The summed E-state index contributed by atoms with van der Waals surface area (Å²) in [6, 6.07) is 13.0. The van der Waals surface area contributed by atoms with Gasteiger partial charge < -0.3 is 25.9 Å². The number of nitrogens with two attached hydrogens (primary N) is 1. The molecule has 3 aromatic rings. The van der Waals surface area contributed by atoms with Gasteiger partial charge >= 0.3 is 0 Å². The normalized spacial score (nSPS) is 12.8. The summed E-state index contributed by atoms with van der Waals surface area (Å²) in [5.74, 6) is 1.65. The summed E-state index contributed by atoms with van der Waals surface area (Å²) >= 11 is 6.21. The summed E-state index contributed by atoms with van der Waals surface area (Å²) in [7, 11) is 0. The van der Waals surface area contributed by atoms with Gasteiger partial charge in [-0.3, -0.25) is 4.79 Å². The number of rotatable bonds is 13. The van der Waals surface area contributed by atoms with E-state index in [2.05, 4.69) is 22.2 Å². The molecule has 188 valence electrons. The van der Waals surface area contributed by atoms with E-state index in [1.807, 2.05) is 37.4 Å². The van der Waals surface area contributed by atoms with Crippen molar-refractivity contribution in [2.45, 2.75) is 45.6 Å². The van der Waals surface area contributed by atoms with Crippen molar-refractivity contribution < 1.29 is 14.6 Å². The van der Waals surface area contributed by atoms with Crippen molar-refractivity contribution >= 4 is 17.5 Å². The SMILES string of the molecule is CCCOc1ccc(C(=O)NCCC(O)Cc2ccc(-c3c[nH]c(CC(C)CN)n3)cc2)cc1Cl. The fraction of sp³-hybridized carbons (Fsp3) is 0.407. The predicted octanol–water partition coefficient (Wildman–Crippen LogP) is 4.38. The highest BCUT2D eigenvalue weighted by Gasteiger charge is 2.12. The number of aliphatic hydroxyl groups excluding tert-OH is 1. The second-order valence-corrected chi connectivity index (χ2v) is 9.28. The molecule has 0 aliphatic carbocycles. The number of aromatic nitrogens is 2. The number of carbonyl (C=O) groups is 1. The van der Waals surface area contributed by atoms with Crippen LogP contribution in [0, 0.1) is 5.92 Å². The molecule has 1 amide bonds. The van der Waals surface area contributed by atoms with E-state index in [9.17, 15) is 9.90 Å². The number of halogens is 1. The monoisotopic (exact) mass is 498 g/mol. The van der Waals surface area contributed by atoms with Crippen molar-refractivity contribution in [3.05, 3.63) is 70.6 Å². The number of ether oxygens (including phenoxy) is 1. The minimum Gasteiger partial charge on any atom is -0.492 e. The van der Waals surface area contributed by atoms with Gasteiger partial charge in [-0.05, 0) is 55.5 Å². The fourth-order valence-electron chi connectivity index (χ4n) is 3.64. The van der Waals surface area contributed by atoms with Gasteiger partial charge in [0, 0.05) is 30.3 Å². The van der Waals surface area contributed by atoms with E-state index in [0.29, 0.717) is 54.8 Å². The number of imidazole rings is 1. The van der Waals surface area contributed by atoms with Gasteiger partial charge in [-0.25, -0.2) is 4.98 Å². The quantitative estimate of drug-likeness (QED) is 0.279. The average molecular weight is 499 g/mol. The summed E-state index contributed by atoms with van der Waals surface area (Å²) in [6.07, 6.45) is 3.99. The van der Waals surface area contributed by atoms with Gasteiger partial charge in [0.25, 0.3) is 5.91 Å². The summed E-state index contributed by atoms with van der Waals surface area (Å²) in [4.78, 5) is 20.3. The molecule has 0 aliphatic heterocycles. The van der Waals surface area contributed by atoms with Crippen LogP contribution in [0.15, 0.2) is 48.7 Å². The Morgan fingerprint density at radius 1 is 1.23 bits per heavy atom. The number of H-pyrrole nitrogens is 1. The smallest absolute Gasteiger partial charge is 0.251 e. The van der Waals surface area contributed by atoms with Gasteiger partial charge in [-0.1, -0.05) is 49.7 Å². The van der Waals surface area contributed by atoms with Gasteiger partial charge in [-0.15, -0.1) is 0 Å². The summed E-state index contributed by atoms with van der Waals surface area (Å²) in [6.45, 7) is 5.68. The van der Waals surface area contributed by atoms with E-state index < -0.39 is 6.10 Å². The lowest BCUT2D eigenvalue weighted by Crippen LogP contribution is -2.27. The van der Waals surface area contributed by atoms with Crippen LogP contribution in [0.4, 0.5) is 0 Å². The molecule has 0 saturated carbocycles. The average Bonchev–Trinajstić information content (AvgIpc) is 3.31. The number of amides is 1. The van der Waals surface area contributed by atoms with E-state index in [4.69, 9.17) is 22.1 Å². The number of aromatic amines is 1. The van der Waals surface area contributed by atoms with Gasteiger partial charge in [0.2, 0.25) is 0 Å². The molecule has 0 saturated heterocycles. The van der Waals surface area contributed by atoms with Crippen molar-refractivity contribution in [1.82, 2.24) is 15.3 Å². The molecule has 0 bridgehead atoms. The maximum absolute atomic E-state index is 12.4. The molecule has 1 aromatic heterocycles. The van der Waals surface area contributed by atoms with Crippen LogP contribution in [0.1, 0.15) is 48.4 Å². The van der Waals surface area contributed by atoms with E-state index in [-0.39, 0.29) is 5.91 Å². The van der Waals surface area contributed by atoms with Crippen molar-refractivity contribution in [1.29, 1.82) is 0 Å². The Hall–Kier alpha value is -2.87. The van der Waals surface area contributed by atoms with Crippen LogP contribution in [0.25, 0.3) is 11.3 Å². The lowest BCUT2D eigenvalue weighted by molar-refractivity contribution is 0.0943. The number of aliphatic hydroxyl groups is 1. The first-order valence-corrected chi connectivity index (χ1v) is 12.5. The molecular formula is C27H35ClN4O3. The standard InChI is InChI=1S/C27H35ClN4O3/c1-3-12-35-25-9-8-21(15-23(25)28)27(34)30-11-10-22(33)14-19-4-6-20(7-5-19)24-17-31-26(32-24)13-18(2)16-29/h4-9,15,17-18,22,33H,3,10-14,16,29H2,1-2H3,(H,30,34)(H,31,32). The summed E-state index contributed by atoms with van der Waals surface area (Å²) in [5.41, 5.74) is 9.09. The molecular weight excluding hydrogens is 464 g/mol. The zero-order valence-electron chi connectivity index (χ0n) is 20.4. The van der Waals surface area contributed by atoms with Gasteiger partial charge in [0.05, 0.1) is 23.4 Å². The van der Waals surface area contributed by atoms with Crippen LogP contribution >= 0.6 is 11.6 Å². The topological polar surface area (TPSA) is 113 Å². The zero-order valence-corrected chi connectivity index (χ0v) is 21.1. The third-order valence-corrected chi connectivity index (χ3v) is 6.01. The molecule has 1 heterocycles. The molecule has 0 aliphatic rings. The maximum atomic E-state index is 12.4. The lowest BCUT2D eigenvalue weighted by atomic mass is 10.0. The Morgan fingerprint density at radius 3 is 2.69 bits per heavy atom. The van der Waals surface area contributed by atoms with Gasteiger partial charge in [0.15, 0.2) is 0 Å². The molecule has 0 radical (unpaired) electrons. The molecule has 0 spiro atoms. The zero-order chi connectivity index (χ0) is 25.2. The molecule has 2 aromatic carbocycles. The number of carbonyl (C=O) groups excluding carboxylic acids is 1. The molecule has 3 rings (SSSR count). The van der Waals surface area contributed by atoms with Gasteiger partial charge in [0.1, 0.15) is 11.6 Å². The van der Waals surface area contributed by atoms with E-state index in [1.165, 1.54) is 0 Å². The highest BCUT2D eigenvalue weighted by molar-refractivity contribution is 6.32. The fourth-order valence-corrected chi connectivity index (χ4v) is 3.87. The molecule has 7 nitrogen and oxygen atoms in total. The Balaban J connectivity index is 1.45. The third-order valence-electron chi connectivity index (χ3n) is 5.71. The summed E-state index contributed by atoms with van der Waals surface area (Å²) in [5, 5.41) is 13.7. The molecule has 0 fully saturated rings. The van der Waals surface area contributed by atoms with Crippen LogP contribution in [0.3, 0.4) is 0 Å². The minimum atomic E-state index is -0.565. The molecule has 2 atom stereocenters. The third kappa shape index (κ3) is 8.09. The first kappa shape index (κ1) is 26.7. The maximum Gasteiger partial charge on any atom is 0.251 e. The number of nitrogens with one attached hydrogen (secondary N) is 2. The molecule has 8 heteroatoms. The predicted molar refractivity (Wildman–Crippen MR) is 140 cm³/mol. The summed E-state index contributed by atoms with van der Waals surface area (Å²) < 4.78 is 5.54. The molecule has 5 N–H and O–H groups in total. The Bertz CT molecular complexity index is 1080. The van der Waals surface area contributed by atoms with Crippen molar-refractivity contribution in [2.24, 2.45) is 11.7 Å². The number of nitrogens with zero attached hydrogens (tertiary/aromatic N) is 1. The number of hydrogen-bond acceptors (Lipinski definition) is 5. The van der Waals surface area contributed by atoms with Crippen LogP contribution in [-0.2, 0) is 12.8 Å². The first-order chi connectivity index (χ1) is 16.9. The van der Waals surface area contributed by atoms with Gasteiger partial charge in [-0.2, -0.15) is 0 Å². The van der Waals surface area contributed by atoms with Crippen LogP contribution in [0.2, 0.25) is 5.02 Å². The minimum absolute atomic E-state index is 0.232. The van der Waals surface area contributed by atoms with Crippen molar-refractivity contribution in [3.63, 3.8) is 0 Å². The largest absolute Gasteiger partial charge is 0.492 e. The Labute approximate surface area is 212 Å². The van der Waals surface area contributed by atoms with Crippen LogP contribution in [0.5, 0.6) is 5.75 Å². The lowest BCUT2D eigenvalue weighted by Gasteiger charge is -2.12. The van der Waals surface area contributed by atoms with E-state index in [0.717, 1.165) is 35.5 Å². The van der Waals surface area contributed by atoms with Crippen molar-refractivity contribution in [2.75, 3.05) is 19.7 Å². The van der Waals surface area contributed by atoms with E-state index >= 15 is 0 Å². The number of benzene rings is 2. The Morgan fingerprint density at radius 2 is 2.00 bits per heavy atom. The highest BCUT2D eigenvalue weighted by atomic mass is 35.5. The highest BCUT2D eigenvalue weighted by Crippen LogP contribution is 2.25. The van der Waals surface area contributed by atoms with Crippen LogP contribution in [-0.4, -0.2) is 46.8 Å².